The van der Waals surface area contributed by atoms with Crippen molar-refractivity contribution in [1.29, 1.82) is 5.26 Å². The predicted molar refractivity (Wildman–Crippen MR) is 66.6 cm³/mol. The Morgan fingerprint density at radius 1 is 0.885 bits per heavy atom. The molecule has 0 amide bonds. The molecule has 0 aliphatic carbocycles. The van der Waals surface area contributed by atoms with Crippen LogP contribution in [0.2, 0.25) is 0 Å². The second-order valence-corrected chi connectivity index (χ2v) is 4.97. The maximum atomic E-state index is 14.0. The summed E-state index contributed by atoms with van der Waals surface area (Å²) in [6.07, 6.45) is -5.40. The summed E-state index contributed by atoms with van der Waals surface area (Å²) in [7, 11) is 0. The monoisotopic (exact) mass is 385 g/mol. The third-order valence-electron chi connectivity index (χ3n) is 3.06. The third kappa shape index (κ3) is 3.29. The maximum Gasteiger partial charge on any atom is 0.451 e. The normalized spacial score (nSPS) is 12.2. The number of alkyl halides is 5. The highest BCUT2D eigenvalue weighted by molar-refractivity contribution is 5.63. The highest BCUT2D eigenvalue weighted by Gasteiger charge is 2.39. The minimum atomic E-state index is -5.40. The fraction of sp³-hybridized carbons (Fsp3) is 0.214. The number of nitriles is 1. The molecule has 0 spiro atoms. The Morgan fingerprint density at radius 2 is 1.38 bits per heavy atom. The summed E-state index contributed by atoms with van der Waals surface area (Å²) in [6.45, 7) is 0.145. The van der Waals surface area contributed by atoms with Gasteiger partial charge in [-0.2, -0.15) is 27.2 Å². The molecule has 1 aromatic heterocycles. The van der Waals surface area contributed by atoms with Gasteiger partial charge in [-0.15, -0.1) is 0 Å². The Morgan fingerprint density at radius 3 is 1.77 bits per heavy atom. The molecule has 138 valence electrons. The van der Waals surface area contributed by atoms with Gasteiger partial charge in [-0.1, -0.05) is 0 Å². The van der Waals surface area contributed by atoms with E-state index in [1.165, 1.54) is 0 Å². The van der Waals surface area contributed by atoms with E-state index < -0.39 is 63.7 Å². The summed E-state index contributed by atoms with van der Waals surface area (Å²) in [5.41, 5.74) is -6.51. The molecule has 0 bridgehead atoms. The molecule has 0 atom stereocenters. The average molecular weight is 385 g/mol. The van der Waals surface area contributed by atoms with Crippen LogP contribution in [-0.4, -0.2) is 9.97 Å². The Balaban J connectivity index is 2.92. The lowest BCUT2D eigenvalue weighted by atomic mass is 10.0. The van der Waals surface area contributed by atoms with Crippen LogP contribution in [0.1, 0.15) is 24.0 Å². The zero-order valence-electron chi connectivity index (χ0n) is 12.3. The average Bonchev–Trinajstić information content (AvgIpc) is 2.52. The minimum absolute atomic E-state index is 0.0572. The molecule has 0 saturated carbocycles. The lowest BCUT2D eigenvalue weighted by molar-refractivity contribution is -0.145. The predicted octanol–water partition coefficient (Wildman–Crippen LogP) is 4.70. The minimum Gasteiger partial charge on any atom is -0.224 e. The first-order valence-corrected chi connectivity index (χ1v) is 6.40. The molecule has 0 aliphatic heterocycles. The van der Waals surface area contributed by atoms with E-state index in [2.05, 4.69) is 9.97 Å². The molecule has 0 fully saturated rings. The highest BCUT2D eigenvalue weighted by atomic mass is 19.4. The van der Waals surface area contributed by atoms with E-state index in [0.29, 0.717) is 0 Å². The van der Waals surface area contributed by atoms with Crippen LogP contribution >= 0.6 is 0 Å². The van der Waals surface area contributed by atoms with Crippen LogP contribution in [0.3, 0.4) is 0 Å². The van der Waals surface area contributed by atoms with Crippen LogP contribution in [0.5, 0.6) is 0 Å². The lowest BCUT2D eigenvalue weighted by Crippen LogP contribution is -2.19. The number of halogens is 9. The van der Waals surface area contributed by atoms with Gasteiger partial charge in [0, 0.05) is 6.92 Å². The van der Waals surface area contributed by atoms with E-state index in [-0.39, 0.29) is 13.0 Å². The van der Waals surface area contributed by atoms with Crippen molar-refractivity contribution in [3.05, 3.63) is 46.4 Å². The van der Waals surface area contributed by atoms with Crippen molar-refractivity contribution < 1.29 is 39.5 Å². The molecule has 0 radical (unpaired) electrons. The van der Waals surface area contributed by atoms with Crippen LogP contribution in [0.15, 0.2) is 6.07 Å². The Labute approximate surface area is 138 Å². The molecule has 12 heteroatoms. The van der Waals surface area contributed by atoms with Crippen molar-refractivity contribution in [3.63, 3.8) is 0 Å². The molecular weight excluding hydrogens is 381 g/mol. The van der Waals surface area contributed by atoms with Gasteiger partial charge in [0.05, 0.1) is 11.3 Å². The quantitative estimate of drug-likeness (QED) is 0.556. The first kappa shape index (κ1) is 19.5. The number of nitrogens with zero attached hydrogens (tertiary/aromatic N) is 3. The van der Waals surface area contributed by atoms with E-state index in [4.69, 9.17) is 5.26 Å². The van der Waals surface area contributed by atoms with Crippen molar-refractivity contribution in [3.8, 4) is 17.3 Å². The zero-order chi connectivity index (χ0) is 20.0. The van der Waals surface area contributed by atoms with Gasteiger partial charge >= 0.3 is 6.18 Å². The first-order valence-electron chi connectivity index (χ1n) is 6.40. The van der Waals surface area contributed by atoms with Crippen LogP contribution in [0.25, 0.3) is 11.3 Å². The van der Waals surface area contributed by atoms with Gasteiger partial charge in [0.25, 0.3) is 5.92 Å². The summed E-state index contributed by atoms with van der Waals surface area (Å²) in [4.78, 5) is 5.25. The Hall–Kier alpha value is -2.84. The molecule has 0 saturated heterocycles. The molecular formula is C14H4F9N3. The second-order valence-electron chi connectivity index (χ2n) is 4.97. The molecule has 3 nitrogen and oxygen atoms in total. The number of aromatic nitrogens is 2. The van der Waals surface area contributed by atoms with Crippen LogP contribution < -0.4 is 0 Å². The van der Waals surface area contributed by atoms with Crippen molar-refractivity contribution in [1.82, 2.24) is 9.97 Å². The van der Waals surface area contributed by atoms with Gasteiger partial charge in [-0.05, 0) is 6.07 Å². The summed E-state index contributed by atoms with van der Waals surface area (Å²) < 4.78 is 120. The summed E-state index contributed by atoms with van der Waals surface area (Å²) in [5.74, 6) is -15.1. The molecule has 0 unspecified atom stereocenters. The van der Waals surface area contributed by atoms with Gasteiger partial charge in [0.15, 0.2) is 23.3 Å². The van der Waals surface area contributed by atoms with E-state index in [1.54, 1.807) is 0 Å². The van der Waals surface area contributed by atoms with Crippen molar-refractivity contribution in [2.45, 2.75) is 19.0 Å². The van der Waals surface area contributed by atoms with Crippen LogP contribution in [0, 0.1) is 34.6 Å². The summed E-state index contributed by atoms with van der Waals surface area (Å²) >= 11 is 0. The number of benzene rings is 1. The van der Waals surface area contributed by atoms with E-state index in [9.17, 15) is 39.5 Å². The van der Waals surface area contributed by atoms with Gasteiger partial charge in [-0.25, -0.2) is 27.5 Å². The smallest absolute Gasteiger partial charge is 0.224 e. The summed E-state index contributed by atoms with van der Waals surface area (Å²) in [6, 6.07) is 0.890. The zero-order valence-corrected chi connectivity index (χ0v) is 12.3. The molecule has 0 aliphatic rings. The SMILES string of the molecule is CC(F)(F)c1cc(-c2c(F)c(F)c(C#N)c(F)c2F)nc(C(F)(F)F)n1. The van der Waals surface area contributed by atoms with E-state index in [0.717, 1.165) is 6.07 Å². The molecule has 0 N–H and O–H groups in total. The molecule has 1 heterocycles. The number of hydrogen-bond donors (Lipinski definition) is 0. The van der Waals surface area contributed by atoms with E-state index in [1.807, 2.05) is 0 Å². The largest absolute Gasteiger partial charge is 0.451 e. The second kappa shape index (κ2) is 6.15. The van der Waals surface area contributed by atoms with Gasteiger partial charge < -0.3 is 0 Å². The topological polar surface area (TPSA) is 49.6 Å². The lowest BCUT2D eigenvalue weighted by Gasteiger charge is -2.15. The van der Waals surface area contributed by atoms with E-state index >= 15 is 0 Å². The van der Waals surface area contributed by atoms with Gasteiger partial charge in [0.2, 0.25) is 5.82 Å². The fourth-order valence-corrected chi connectivity index (χ4v) is 1.88. The third-order valence-corrected chi connectivity index (χ3v) is 3.06. The maximum absolute atomic E-state index is 14.0. The van der Waals surface area contributed by atoms with Gasteiger partial charge in [0.1, 0.15) is 17.3 Å². The van der Waals surface area contributed by atoms with Crippen molar-refractivity contribution in [2.24, 2.45) is 0 Å². The Kier molecular flexibility index (Phi) is 4.61. The molecule has 2 aromatic rings. The Bertz CT molecular complexity index is 862. The standard InChI is InChI=1S/C14H4F9N3/c1-13(19,20)6-2-5(25-12(26-6)14(21,22)23)7-10(17)8(15)4(3-24)9(16)11(7)18/h2H,1H3. The molecule has 1 aromatic carbocycles. The number of hydrogen-bond acceptors (Lipinski definition) is 3. The van der Waals surface area contributed by atoms with Crippen molar-refractivity contribution in [2.75, 3.05) is 0 Å². The van der Waals surface area contributed by atoms with Crippen LogP contribution in [0.4, 0.5) is 39.5 Å². The number of rotatable bonds is 2. The molecule has 26 heavy (non-hydrogen) atoms. The highest BCUT2D eigenvalue weighted by Crippen LogP contribution is 2.36. The van der Waals surface area contributed by atoms with Crippen LogP contribution in [-0.2, 0) is 12.1 Å². The van der Waals surface area contributed by atoms with Crippen molar-refractivity contribution >= 4 is 0 Å². The first-order chi connectivity index (χ1) is 11.8. The van der Waals surface area contributed by atoms with Gasteiger partial charge in [-0.3, -0.25) is 0 Å². The summed E-state index contributed by atoms with van der Waals surface area (Å²) in [5, 5.41) is 8.47. The fourth-order valence-electron chi connectivity index (χ4n) is 1.88. The molecule has 2 rings (SSSR count).